The quantitative estimate of drug-likeness (QED) is 0.684. The molecule has 94 valence electrons. The molecule has 1 aromatic carbocycles. The van der Waals surface area contributed by atoms with Crippen molar-refractivity contribution in [2.75, 3.05) is 12.3 Å². The van der Waals surface area contributed by atoms with Gasteiger partial charge in [-0.15, -0.1) is 0 Å². The Labute approximate surface area is 110 Å². The number of hydrogen-bond acceptors (Lipinski definition) is 3. The number of halogens is 4. The molecule has 0 unspecified atom stereocenters. The molecule has 0 atom stereocenters. The van der Waals surface area contributed by atoms with Gasteiger partial charge in [-0.2, -0.15) is 8.78 Å². The van der Waals surface area contributed by atoms with Crippen LogP contribution in [0.1, 0.15) is 12.5 Å². The highest BCUT2D eigenvalue weighted by Crippen LogP contribution is 2.41. The summed E-state index contributed by atoms with van der Waals surface area (Å²) in [5, 5.41) is -0.303. The van der Waals surface area contributed by atoms with Crippen molar-refractivity contribution in [3.8, 4) is 0 Å². The number of nitrogen functional groups attached to an aromatic ring is 1. The number of hydrogen-bond donors (Lipinski definition) is 1. The summed E-state index contributed by atoms with van der Waals surface area (Å²) in [6, 6.07) is 2.65. The zero-order valence-electron chi connectivity index (χ0n) is 8.77. The van der Waals surface area contributed by atoms with E-state index in [1.807, 2.05) is 0 Å². The van der Waals surface area contributed by atoms with E-state index in [1.165, 1.54) is 19.1 Å². The fraction of sp³-hybridized carbons (Fsp3) is 0.300. The molecule has 0 aliphatic carbocycles. The van der Waals surface area contributed by atoms with E-state index in [0.717, 1.165) is 0 Å². The molecule has 0 heterocycles. The second-order valence-corrected chi connectivity index (χ2v) is 4.35. The Bertz CT molecular complexity index is 454. The number of anilines is 1. The van der Waals surface area contributed by atoms with Gasteiger partial charge in [0, 0.05) is 10.2 Å². The molecular weight excluding hydrogens is 319 g/mol. The normalized spacial score (nSPS) is 11.4. The fourth-order valence-corrected chi connectivity index (χ4v) is 1.83. The number of benzene rings is 1. The van der Waals surface area contributed by atoms with Gasteiger partial charge in [-0.05, 0) is 35.0 Å². The molecule has 1 rings (SSSR count). The van der Waals surface area contributed by atoms with Crippen molar-refractivity contribution in [2.24, 2.45) is 0 Å². The third-order valence-electron chi connectivity index (χ3n) is 1.97. The summed E-state index contributed by atoms with van der Waals surface area (Å²) in [7, 11) is 0. The predicted octanol–water partition coefficient (Wildman–Crippen LogP) is 3.34. The zero-order valence-corrected chi connectivity index (χ0v) is 11.1. The van der Waals surface area contributed by atoms with E-state index < -0.39 is 17.5 Å². The van der Waals surface area contributed by atoms with Crippen LogP contribution in [0.4, 0.5) is 14.5 Å². The van der Waals surface area contributed by atoms with Gasteiger partial charge in [0.05, 0.1) is 17.2 Å². The van der Waals surface area contributed by atoms with Crippen LogP contribution in [0.3, 0.4) is 0 Å². The topological polar surface area (TPSA) is 52.3 Å². The number of carbonyl (C=O) groups excluding carboxylic acids is 1. The van der Waals surface area contributed by atoms with E-state index in [9.17, 15) is 13.6 Å². The van der Waals surface area contributed by atoms with Crippen LogP contribution in [-0.4, -0.2) is 12.6 Å². The first-order valence-corrected chi connectivity index (χ1v) is 5.78. The molecule has 0 fully saturated rings. The van der Waals surface area contributed by atoms with Gasteiger partial charge in [-0.1, -0.05) is 11.6 Å². The van der Waals surface area contributed by atoms with Gasteiger partial charge < -0.3 is 10.5 Å². The maximum atomic E-state index is 13.8. The van der Waals surface area contributed by atoms with Gasteiger partial charge >= 0.3 is 11.9 Å². The molecule has 3 nitrogen and oxygen atoms in total. The van der Waals surface area contributed by atoms with Crippen molar-refractivity contribution in [1.82, 2.24) is 0 Å². The van der Waals surface area contributed by atoms with Gasteiger partial charge in [0.15, 0.2) is 0 Å². The van der Waals surface area contributed by atoms with E-state index in [4.69, 9.17) is 17.3 Å². The lowest BCUT2D eigenvalue weighted by Crippen LogP contribution is -2.29. The van der Waals surface area contributed by atoms with Crippen LogP contribution in [0.15, 0.2) is 16.6 Å². The fourth-order valence-electron chi connectivity index (χ4n) is 1.21. The second kappa shape index (κ2) is 5.18. The molecule has 7 heteroatoms. The third-order valence-corrected chi connectivity index (χ3v) is 3.25. The van der Waals surface area contributed by atoms with Crippen LogP contribution in [-0.2, 0) is 15.5 Å². The van der Waals surface area contributed by atoms with E-state index in [2.05, 4.69) is 20.7 Å². The van der Waals surface area contributed by atoms with Crippen LogP contribution < -0.4 is 5.73 Å². The van der Waals surface area contributed by atoms with Crippen LogP contribution in [0, 0.1) is 0 Å². The summed E-state index contributed by atoms with van der Waals surface area (Å²) in [5.41, 5.74) is 4.41. The summed E-state index contributed by atoms with van der Waals surface area (Å²) < 4.78 is 32.1. The van der Waals surface area contributed by atoms with Crippen molar-refractivity contribution in [1.29, 1.82) is 0 Å². The molecule has 0 spiro atoms. The van der Waals surface area contributed by atoms with Crippen LogP contribution >= 0.6 is 27.5 Å². The minimum absolute atomic E-state index is 0.153. The van der Waals surface area contributed by atoms with E-state index >= 15 is 0 Å². The smallest absolute Gasteiger partial charge is 0.382 e. The minimum Gasteiger partial charge on any atom is -0.461 e. The molecule has 0 aromatic heterocycles. The maximum Gasteiger partial charge on any atom is 0.382 e. The molecule has 17 heavy (non-hydrogen) atoms. The molecule has 0 aliphatic rings. The Hall–Kier alpha value is -0.880. The number of esters is 1. The largest absolute Gasteiger partial charge is 0.461 e. The molecule has 1 aromatic rings. The Morgan fingerprint density at radius 1 is 1.59 bits per heavy atom. The average molecular weight is 329 g/mol. The van der Waals surface area contributed by atoms with Gasteiger partial charge in [-0.25, -0.2) is 4.79 Å². The number of carbonyl (C=O) groups is 1. The standard InChI is InChI=1S/C10H9BrClF2NO2/c1-2-17-9(16)10(13,14)7-6(15)4-3-5(11)8(7)12/h3-4H,2,15H2,1H3. The molecule has 2 N–H and O–H groups in total. The Balaban J connectivity index is 3.32. The van der Waals surface area contributed by atoms with Crippen molar-refractivity contribution in [3.63, 3.8) is 0 Å². The van der Waals surface area contributed by atoms with Crippen LogP contribution in [0.25, 0.3) is 0 Å². The molecular formula is C10H9BrClF2NO2. The molecule has 0 amide bonds. The highest BCUT2D eigenvalue weighted by Gasteiger charge is 2.46. The lowest BCUT2D eigenvalue weighted by molar-refractivity contribution is -0.172. The summed E-state index contributed by atoms with van der Waals surface area (Å²) >= 11 is 8.70. The Morgan fingerprint density at radius 2 is 2.18 bits per heavy atom. The van der Waals surface area contributed by atoms with Crippen LogP contribution in [0.2, 0.25) is 5.02 Å². The van der Waals surface area contributed by atoms with E-state index in [-0.39, 0.29) is 21.8 Å². The highest BCUT2D eigenvalue weighted by atomic mass is 79.9. The van der Waals surface area contributed by atoms with Gasteiger partial charge in [0.1, 0.15) is 0 Å². The van der Waals surface area contributed by atoms with Crippen LogP contribution in [0.5, 0.6) is 0 Å². The van der Waals surface area contributed by atoms with Crippen molar-refractivity contribution in [2.45, 2.75) is 12.8 Å². The lowest BCUT2D eigenvalue weighted by Gasteiger charge is -2.18. The zero-order chi connectivity index (χ0) is 13.2. The first-order valence-electron chi connectivity index (χ1n) is 4.61. The first-order chi connectivity index (χ1) is 7.82. The number of ether oxygens (including phenoxy) is 1. The summed E-state index contributed by atoms with van der Waals surface area (Å²) in [6.45, 7) is 1.28. The Morgan fingerprint density at radius 3 is 2.71 bits per heavy atom. The van der Waals surface area contributed by atoms with Gasteiger partial charge in [0.2, 0.25) is 0 Å². The van der Waals surface area contributed by atoms with Crippen molar-refractivity contribution in [3.05, 3.63) is 27.2 Å². The second-order valence-electron chi connectivity index (χ2n) is 3.12. The molecule has 0 bridgehead atoms. The molecule has 0 aliphatic heterocycles. The van der Waals surface area contributed by atoms with E-state index in [0.29, 0.717) is 0 Å². The molecule has 0 saturated heterocycles. The lowest BCUT2D eigenvalue weighted by atomic mass is 10.1. The summed E-state index contributed by atoms with van der Waals surface area (Å²) in [6.07, 6.45) is 0. The number of rotatable bonds is 3. The van der Waals surface area contributed by atoms with Crippen molar-refractivity contribution < 1.29 is 18.3 Å². The van der Waals surface area contributed by atoms with Gasteiger partial charge in [0.25, 0.3) is 0 Å². The third kappa shape index (κ3) is 2.69. The maximum absolute atomic E-state index is 13.8. The average Bonchev–Trinajstić information content (AvgIpc) is 2.24. The Kier molecular flexibility index (Phi) is 4.32. The minimum atomic E-state index is -3.87. The highest BCUT2D eigenvalue weighted by molar-refractivity contribution is 9.10. The number of nitrogens with two attached hydrogens (primary N) is 1. The predicted molar refractivity (Wildman–Crippen MR) is 64.1 cm³/mol. The first kappa shape index (κ1) is 14.2. The SMILES string of the molecule is CCOC(=O)C(F)(F)c1c(N)ccc(Br)c1Cl. The van der Waals surface area contributed by atoms with Gasteiger partial charge in [-0.3, -0.25) is 0 Å². The molecule has 0 saturated carbocycles. The molecule has 0 radical (unpaired) electrons. The van der Waals surface area contributed by atoms with Crippen molar-refractivity contribution >= 4 is 39.2 Å². The summed E-state index contributed by atoms with van der Waals surface area (Å²) in [5.74, 6) is -5.55. The monoisotopic (exact) mass is 327 g/mol. The number of alkyl halides is 2. The summed E-state index contributed by atoms with van der Waals surface area (Å²) in [4.78, 5) is 11.2. The van der Waals surface area contributed by atoms with E-state index in [1.54, 1.807) is 0 Å².